The van der Waals surface area contributed by atoms with Gasteiger partial charge in [0, 0.05) is 17.6 Å². The highest BCUT2D eigenvalue weighted by molar-refractivity contribution is 6.04. The molecule has 0 aliphatic heterocycles. The Balaban J connectivity index is 2.09. The molecule has 0 aliphatic rings. The second kappa shape index (κ2) is 5.81. The molecule has 0 unspecified atom stereocenters. The van der Waals surface area contributed by atoms with Crippen LogP contribution in [0.4, 0.5) is 5.69 Å². The first-order valence-corrected chi connectivity index (χ1v) is 7.07. The third-order valence-electron chi connectivity index (χ3n) is 3.41. The number of rotatable bonds is 3. The van der Waals surface area contributed by atoms with E-state index in [1.54, 1.807) is 28.9 Å². The van der Waals surface area contributed by atoms with Crippen molar-refractivity contribution in [2.45, 2.75) is 13.5 Å². The molecule has 0 fully saturated rings. The standard InChI is InChI=1S/C17H15N3O2/c1-2-20-14-11-7-6-10-13(14)16(21)15(19-20)17(22)18-12-8-4-3-5-9-12/h3-11H,2H2,1H3,(H,18,22). The van der Waals surface area contributed by atoms with Crippen LogP contribution < -0.4 is 10.7 Å². The maximum absolute atomic E-state index is 12.5. The molecule has 1 amide bonds. The maximum Gasteiger partial charge on any atom is 0.280 e. The van der Waals surface area contributed by atoms with Crippen molar-refractivity contribution in [3.05, 3.63) is 70.5 Å². The van der Waals surface area contributed by atoms with Crippen LogP contribution in [0, 0.1) is 0 Å². The van der Waals surface area contributed by atoms with E-state index < -0.39 is 5.91 Å². The highest BCUT2D eigenvalue weighted by Gasteiger charge is 2.16. The van der Waals surface area contributed by atoms with Crippen LogP contribution in [-0.4, -0.2) is 15.7 Å². The molecule has 3 aromatic rings. The Bertz CT molecular complexity index is 885. The van der Waals surface area contributed by atoms with Gasteiger partial charge in [0.2, 0.25) is 5.43 Å². The normalized spacial score (nSPS) is 10.6. The Hall–Kier alpha value is -2.95. The van der Waals surface area contributed by atoms with Crippen molar-refractivity contribution < 1.29 is 4.79 Å². The quantitative estimate of drug-likeness (QED) is 0.807. The van der Waals surface area contributed by atoms with Gasteiger partial charge in [-0.05, 0) is 31.2 Å². The fourth-order valence-corrected chi connectivity index (χ4v) is 2.34. The van der Waals surface area contributed by atoms with Crippen molar-refractivity contribution in [1.82, 2.24) is 9.78 Å². The lowest BCUT2D eigenvalue weighted by Gasteiger charge is -2.10. The van der Waals surface area contributed by atoms with Gasteiger partial charge in [-0.2, -0.15) is 5.10 Å². The molecule has 5 heteroatoms. The average Bonchev–Trinajstić information content (AvgIpc) is 2.56. The number of amides is 1. The summed E-state index contributed by atoms with van der Waals surface area (Å²) < 4.78 is 1.66. The van der Waals surface area contributed by atoms with Crippen LogP contribution in [-0.2, 0) is 6.54 Å². The van der Waals surface area contributed by atoms with Crippen LogP contribution in [0.5, 0.6) is 0 Å². The van der Waals surface area contributed by atoms with E-state index in [-0.39, 0.29) is 11.1 Å². The SMILES string of the molecule is CCn1nc(C(=O)Nc2ccccc2)c(=O)c2ccccc21. The van der Waals surface area contributed by atoms with Gasteiger partial charge in [-0.25, -0.2) is 0 Å². The molecule has 0 saturated heterocycles. The van der Waals surface area contributed by atoms with Crippen molar-refractivity contribution in [3.63, 3.8) is 0 Å². The van der Waals surface area contributed by atoms with Crippen LogP contribution >= 0.6 is 0 Å². The van der Waals surface area contributed by atoms with E-state index in [4.69, 9.17) is 0 Å². The predicted molar refractivity (Wildman–Crippen MR) is 86.1 cm³/mol. The third kappa shape index (κ3) is 2.48. The topological polar surface area (TPSA) is 64.0 Å². The first-order valence-electron chi connectivity index (χ1n) is 7.07. The Morgan fingerprint density at radius 1 is 1.09 bits per heavy atom. The first-order chi connectivity index (χ1) is 10.7. The van der Waals surface area contributed by atoms with Gasteiger partial charge in [0.15, 0.2) is 5.69 Å². The smallest absolute Gasteiger partial charge is 0.280 e. The summed E-state index contributed by atoms with van der Waals surface area (Å²) in [5, 5.41) is 7.41. The van der Waals surface area contributed by atoms with Gasteiger partial charge in [0.05, 0.1) is 5.52 Å². The second-order valence-electron chi connectivity index (χ2n) is 4.83. The number of hydrogen-bond donors (Lipinski definition) is 1. The molecule has 1 aromatic heterocycles. The summed E-state index contributed by atoms with van der Waals surface area (Å²) in [5.74, 6) is -0.496. The van der Waals surface area contributed by atoms with E-state index in [1.807, 2.05) is 37.3 Å². The summed E-state index contributed by atoms with van der Waals surface area (Å²) in [6.45, 7) is 2.50. The number of nitrogens with one attached hydrogen (secondary N) is 1. The van der Waals surface area contributed by atoms with Crippen molar-refractivity contribution in [1.29, 1.82) is 0 Å². The lowest BCUT2D eigenvalue weighted by Crippen LogP contribution is -2.27. The number of nitrogens with zero attached hydrogens (tertiary/aromatic N) is 2. The van der Waals surface area contributed by atoms with Gasteiger partial charge >= 0.3 is 0 Å². The summed E-state index contributed by atoms with van der Waals surface area (Å²) >= 11 is 0. The molecule has 5 nitrogen and oxygen atoms in total. The second-order valence-corrected chi connectivity index (χ2v) is 4.83. The van der Waals surface area contributed by atoms with Crippen LogP contribution in [0.1, 0.15) is 17.4 Å². The average molecular weight is 293 g/mol. The predicted octanol–water partition coefficient (Wildman–Crippen LogP) is 2.67. The first kappa shape index (κ1) is 14.0. The van der Waals surface area contributed by atoms with E-state index in [1.165, 1.54) is 0 Å². The lowest BCUT2D eigenvalue weighted by molar-refractivity contribution is 0.101. The van der Waals surface area contributed by atoms with Gasteiger partial charge in [-0.3, -0.25) is 14.3 Å². The Morgan fingerprint density at radius 2 is 1.77 bits per heavy atom. The fraction of sp³-hybridized carbons (Fsp3) is 0.118. The van der Waals surface area contributed by atoms with Crippen LogP contribution in [0.15, 0.2) is 59.4 Å². The highest BCUT2D eigenvalue weighted by atomic mass is 16.2. The zero-order valence-corrected chi connectivity index (χ0v) is 12.1. The molecule has 0 bridgehead atoms. The van der Waals surface area contributed by atoms with E-state index in [9.17, 15) is 9.59 Å². The van der Waals surface area contributed by atoms with Crippen LogP contribution in [0.25, 0.3) is 10.9 Å². The molecule has 2 aromatic carbocycles. The summed E-state index contributed by atoms with van der Waals surface area (Å²) in [4.78, 5) is 24.9. The summed E-state index contributed by atoms with van der Waals surface area (Å²) in [6, 6.07) is 16.2. The molecule has 1 N–H and O–H groups in total. The van der Waals surface area contributed by atoms with Gasteiger partial charge in [0.1, 0.15) is 0 Å². The minimum atomic E-state index is -0.496. The molecule has 0 aliphatic carbocycles. The number of carbonyl (C=O) groups excluding carboxylic acids is 1. The van der Waals surface area contributed by atoms with E-state index in [0.29, 0.717) is 17.6 Å². The van der Waals surface area contributed by atoms with Crippen molar-refractivity contribution in [2.75, 3.05) is 5.32 Å². The fourth-order valence-electron chi connectivity index (χ4n) is 2.34. The number of para-hydroxylation sites is 2. The number of fused-ring (bicyclic) bond motifs is 1. The molecule has 110 valence electrons. The zero-order chi connectivity index (χ0) is 15.5. The number of aryl methyl sites for hydroxylation is 1. The van der Waals surface area contributed by atoms with Gasteiger partial charge < -0.3 is 5.32 Å². The summed E-state index contributed by atoms with van der Waals surface area (Å²) in [7, 11) is 0. The summed E-state index contributed by atoms with van der Waals surface area (Å²) in [5.41, 5.74) is 0.911. The van der Waals surface area contributed by atoms with Gasteiger partial charge in [-0.1, -0.05) is 30.3 Å². The summed E-state index contributed by atoms with van der Waals surface area (Å²) in [6.07, 6.45) is 0. The molecular weight excluding hydrogens is 278 g/mol. The number of hydrogen-bond acceptors (Lipinski definition) is 3. The number of carbonyl (C=O) groups is 1. The largest absolute Gasteiger partial charge is 0.320 e. The molecule has 0 atom stereocenters. The third-order valence-corrected chi connectivity index (χ3v) is 3.41. The number of anilines is 1. The highest BCUT2D eigenvalue weighted by Crippen LogP contribution is 2.11. The Kier molecular flexibility index (Phi) is 3.70. The molecule has 0 radical (unpaired) electrons. The van der Waals surface area contributed by atoms with E-state index >= 15 is 0 Å². The van der Waals surface area contributed by atoms with Gasteiger partial charge in [0.25, 0.3) is 5.91 Å². The van der Waals surface area contributed by atoms with Crippen molar-refractivity contribution in [2.24, 2.45) is 0 Å². The number of benzene rings is 2. The van der Waals surface area contributed by atoms with Crippen LogP contribution in [0.3, 0.4) is 0 Å². The van der Waals surface area contributed by atoms with E-state index in [2.05, 4.69) is 10.4 Å². The molecule has 0 spiro atoms. The molecule has 22 heavy (non-hydrogen) atoms. The Morgan fingerprint density at radius 3 is 2.50 bits per heavy atom. The number of aromatic nitrogens is 2. The van der Waals surface area contributed by atoms with Crippen molar-refractivity contribution >= 4 is 22.5 Å². The maximum atomic E-state index is 12.5. The molecule has 3 rings (SSSR count). The van der Waals surface area contributed by atoms with Crippen molar-refractivity contribution in [3.8, 4) is 0 Å². The minimum absolute atomic E-state index is 0.0931. The lowest BCUT2D eigenvalue weighted by atomic mass is 10.2. The minimum Gasteiger partial charge on any atom is -0.320 e. The molecule has 1 heterocycles. The Labute approximate surface area is 127 Å². The van der Waals surface area contributed by atoms with E-state index in [0.717, 1.165) is 5.52 Å². The monoisotopic (exact) mass is 293 g/mol. The molecular formula is C17H15N3O2. The zero-order valence-electron chi connectivity index (χ0n) is 12.1. The van der Waals surface area contributed by atoms with Gasteiger partial charge in [-0.15, -0.1) is 0 Å². The molecule has 0 saturated carbocycles. The van der Waals surface area contributed by atoms with Crippen LogP contribution in [0.2, 0.25) is 0 Å².